The van der Waals surface area contributed by atoms with E-state index in [2.05, 4.69) is 20.6 Å². The Morgan fingerprint density at radius 3 is 2.61 bits per heavy atom. The van der Waals surface area contributed by atoms with Crippen molar-refractivity contribution >= 4 is 17.4 Å². The van der Waals surface area contributed by atoms with Gasteiger partial charge in [0.1, 0.15) is 5.82 Å². The number of nitrogens with zero attached hydrogens (tertiary/aromatic N) is 2. The number of anilines is 2. The summed E-state index contributed by atoms with van der Waals surface area (Å²) in [4.78, 5) is 20.5. The molecule has 23 heavy (non-hydrogen) atoms. The summed E-state index contributed by atoms with van der Waals surface area (Å²) in [6, 6.07) is 17.1. The van der Waals surface area contributed by atoms with Crippen LogP contribution >= 0.6 is 0 Å². The molecule has 0 saturated carbocycles. The number of hydrogen-bond donors (Lipinski definition) is 2. The van der Waals surface area contributed by atoms with Gasteiger partial charge in [-0.1, -0.05) is 36.4 Å². The Kier molecular flexibility index (Phi) is 4.59. The highest BCUT2D eigenvalue weighted by Gasteiger charge is 2.07. The van der Waals surface area contributed by atoms with E-state index >= 15 is 0 Å². The maximum Gasteiger partial charge on any atom is 0.253 e. The van der Waals surface area contributed by atoms with Gasteiger partial charge in [0, 0.05) is 18.9 Å². The zero-order valence-electron chi connectivity index (χ0n) is 12.4. The molecule has 1 aromatic carbocycles. The highest BCUT2D eigenvalue weighted by molar-refractivity contribution is 5.94. The van der Waals surface area contributed by atoms with Gasteiger partial charge in [0.2, 0.25) is 0 Å². The number of nitrogens with one attached hydrogen (secondary N) is 2. The average molecular weight is 304 g/mol. The zero-order valence-corrected chi connectivity index (χ0v) is 12.4. The molecule has 2 heterocycles. The zero-order chi connectivity index (χ0) is 15.9. The second-order valence-corrected chi connectivity index (χ2v) is 4.97. The Bertz CT molecular complexity index is 775. The molecule has 5 nitrogen and oxygen atoms in total. The van der Waals surface area contributed by atoms with Gasteiger partial charge in [-0.3, -0.25) is 9.78 Å². The Labute approximate surface area is 134 Å². The monoisotopic (exact) mass is 304 g/mol. The van der Waals surface area contributed by atoms with E-state index in [0.29, 0.717) is 17.9 Å². The summed E-state index contributed by atoms with van der Waals surface area (Å²) < 4.78 is 0. The number of amides is 1. The van der Waals surface area contributed by atoms with E-state index in [0.717, 1.165) is 11.3 Å². The van der Waals surface area contributed by atoms with Crippen LogP contribution in [0.4, 0.5) is 11.5 Å². The molecule has 5 heteroatoms. The fourth-order valence-electron chi connectivity index (χ4n) is 2.10. The Hall–Kier alpha value is -3.21. The van der Waals surface area contributed by atoms with Gasteiger partial charge >= 0.3 is 0 Å². The fourth-order valence-corrected chi connectivity index (χ4v) is 2.10. The van der Waals surface area contributed by atoms with Crippen LogP contribution < -0.4 is 10.6 Å². The summed E-state index contributed by atoms with van der Waals surface area (Å²) in [5.41, 5.74) is 2.27. The summed E-state index contributed by atoms with van der Waals surface area (Å²) in [6.07, 6.45) is 4.90. The van der Waals surface area contributed by atoms with Crippen LogP contribution in [-0.4, -0.2) is 15.9 Å². The number of aromatic nitrogens is 2. The third kappa shape index (κ3) is 4.14. The van der Waals surface area contributed by atoms with Gasteiger partial charge in [-0.15, -0.1) is 0 Å². The second-order valence-electron chi connectivity index (χ2n) is 4.97. The van der Waals surface area contributed by atoms with Gasteiger partial charge in [-0.2, -0.15) is 0 Å². The number of carbonyl (C=O) groups excluding carboxylic acids is 1. The third-order valence-electron chi connectivity index (χ3n) is 3.23. The Morgan fingerprint density at radius 2 is 1.83 bits per heavy atom. The minimum absolute atomic E-state index is 0.161. The number of hydrogen-bond acceptors (Lipinski definition) is 4. The van der Waals surface area contributed by atoms with Crippen LogP contribution in [0, 0.1) is 0 Å². The first-order valence-corrected chi connectivity index (χ1v) is 7.26. The van der Waals surface area contributed by atoms with Crippen LogP contribution in [0.1, 0.15) is 15.9 Å². The van der Waals surface area contributed by atoms with Crippen LogP contribution in [0.15, 0.2) is 73.2 Å². The second kappa shape index (κ2) is 7.17. The molecule has 2 N–H and O–H groups in total. The van der Waals surface area contributed by atoms with Gasteiger partial charge in [0.05, 0.1) is 17.4 Å². The molecule has 0 aliphatic carbocycles. The van der Waals surface area contributed by atoms with Crippen LogP contribution in [0.25, 0.3) is 0 Å². The molecular weight excluding hydrogens is 288 g/mol. The topological polar surface area (TPSA) is 66.9 Å². The number of benzene rings is 1. The molecule has 0 saturated heterocycles. The predicted octanol–water partition coefficient (Wildman–Crippen LogP) is 3.15. The van der Waals surface area contributed by atoms with Crippen molar-refractivity contribution in [2.75, 3.05) is 5.32 Å². The standard InChI is InChI=1S/C18H16N4O/c23-18(21-11-14-6-2-1-3-7-14)15-10-16(13-19-12-15)22-17-8-4-5-9-20-17/h1-10,12-13H,11H2,(H,20,22)(H,21,23). The summed E-state index contributed by atoms with van der Waals surface area (Å²) in [5, 5.41) is 6.00. The Morgan fingerprint density at radius 1 is 1.00 bits per heavy atom. The van der Waals surface area contributed by atoms with E-state index in [1.54, 1.807) is 24.7 Å². The molecule has 0 atom stereocenters. The molecule has 0 bridgehead atoms. The molecule has 0 unspecified atom stereocenters. The highest BCUT2D eigenvalue weighted by Crippen LogP contribution is 2.14. The van der Waals surface area contributed by atoms with Crippen molar-refractivity contribution in [3.05, 3.63) is 84.3 Å². The minimum atomic E-state index is -0.161. The lowest BCUT2D eigenvalue weighted by Crippen LogP contribution is -2.22. The lowest BCUT2D eigenvalue weighted by Gasteiger charge is -2.08. The molecule has 0 aliphatic heterocycles. The van der Waals surface area contributed by atoms with Gasteiger partial charge < -0.3 is 10.6 Å². The lowest BCUT2D eigenvalue weighted by atomic mass is 10.2. The molecule has 0 radical (unpaired) electrons. The third-order valence-corrected chi connectivity index (χ3v) is 3.23. The quantitative estimate of drug-likeness (QED) is 0.760. The summed E-state index contributed by atoms with van der Waals surface area (Å²) in [7, 11) is 0. The fraction of sp³-hybridized carbons (Fsp3) is 0.0556. The maximum absolute atomic E-state index is 12.2. The minimum Gasteiger partial charge on any atom is -0.348 e. The van der Waals surface area contributed by atoms with E-state index in [-0.39, 0.29) is 5.91 Å². The predicted molar refractivity (Wildman–Crippen MR) is 89.4 cm³/mol. The van der Waals surface area contributed by atoms with Crippen molar-refractivity contribution in [3.63, 3.8) is 0 Å². The number of carbonyl (C=O) groups is 1. The van der Waals surface area contributed by atoms with Crippen molar-refractivity contribution in [1.29, 1.82) is 0 Å². The smallest absolute Gasteiger partial charge is 0.253 e. The first-order chi connectivity index (χ1) is 11.3. The molecule has 0 spiro atoms. The first kappa shape index (κ1) is 14.7. The van der Waals surface area contributed by atoms with Gasteiger partial charge in [-0.05, 0) is 23.8 Å². The lowest BCUT2D eigenvalue weighted by molar-refractivity contribution is 0.0950. The molecule has 3 aromatic rings. The summed E-state index contributed by atoms with van der Waals surface area (Å²) in [5.74, 6) is 0.544. The first-order valence-electron chi connectivity index (χ1n) is 7.26. The van der Waals surface area contributed by atoms with Crippen LogP contribution in [0.2, 0.25) is 0 Å². The van der Waals surface area contributed by atoms with Crippen LogP contribution in [0.3, 0.4) is 0 Å². The molecule has 0 aliphatic rings. The largest absolute Gasteiger partial charge is 0.348 e. The molecule has 3 rings (SSSR count). The van der Waals surface area contributed by atoms with Crippen molar-refractivity contribution in [1.82, 2.24) is 15.3 Å². The number of pyridine rings is 2. The van der Waals surface area contributed by atoms with E-state index in [4.69, 9.17) is 0 Å². The van der Waals surface area contributed by atoms with E-state index in [9.17, 15) is 4.79 Å². The maximum atomic E-state index is 12.2. The molecule has 2 aromatic heterocycles. The Balaban J connectivity index is 1.65. The van der Waals surface area contributed by atoms with Crippen molar-refractivity contribution in [2.45, 2.75) is 6.54 Å². The molecule has 114 valence electrons. The van der Waals surface area contributed by atoms with Crippen molar-refractivity contribution < 1.29 is 4.79 Å². The molecule has 1 amide bonds. The summed E-state index contributed by atoms with van der Waals surface area (Å²) >= 11 is 0. The summed E-state index contributed by atoms with van der Waals surface area (Å²) in [6.45, 7) is 0.484. The van der Waals surface area contributed by atoms with Crippen LogP contribution in [0.5, 0.6) is 0 Å². The van der Waals surface area contributed by atoms with E-state index in [1.165, 1.54) is 0 Å². The van der Waals surface area contributed by atoms with Gasteiger partial charge in [0.25, 0.3) is 5.91 Å². The number of rotatable bonds is 5. The average Bonchev–Trinajstić information content (AvgIpc) is 2.62. The van der Waals surface area contributed by atoms with E-state index < -0.39 is 0 Å². The van der Waals surface area contributed by atoms with Gasteiger partial charge in [-0.25, -0.2) is 4.98 Å². The SMILES string of the molecule is O=C(NCc1ccccc1)c1cncc(Nc2ccccn2)c1. The van der Waals surface area contributed by atoms with Crippen molar-refractivity contribution in [3.8, 4) is 0 Å². The molecule has 0 fully saturated rings. The van der Waals surface area contributed by atoms with Gasteiger partial charge in [0.15, 0.2) is 0 Å². The van der Waals surface area contributed by atoms with E-state index in [1.807, 2.05) is 48.5 Å². The molecular formula is C18H16N4O. The van der Waals surface area contributed by atoms with Crippen LogP contribution in [-0.2, 0) is 6.54 Å². The van der Waals surface area contributed by atoms with Crippen molar-refractivity contribution in [2.24, 2.45) is 0 Å². The highest BCUT2D eigenvalue weighted by atomic mass is 16.1. The normalized spacial score (nSPS) is 10.1.